The number of methoxy groups -OCH3 is 1. The van der Waals surface area contributed by atoms with E-state index >= 15 is 0 Å². The van der Waals surface area contributed by atoms with Crippen molar-refractivity contribution in [1.82, 2.24) is 5.32 Å². The quantitative estimate of drug-likeness (QED) is 0.837. The van der Waals surface area contributed by atoms with Crippen LogP contribution in [0.5, 0.6) is 5.75 Å². The van der Waals surface area contributed by atoms with Crippen molar-refractivity contribution >= 4 is 10.0 Å². The summed E-state index contributed by atoms with van der Waals surface area (Å²) in [4.78, 5) is 0.178. The molecule has 0 spiro atoms. The summed E-state index contributed by atoms with van der Waals surface area (Å²) in [5.41, 5.74) is 0.698. The van der Waals surface area contributed by atoms with Crippen molar-refractivity contribution in [3.63, 3.8) is 0 Å². The summed E-state index contributed by atoms with van der Waals surface area (Å²) in [6.07, 6.45) is 1.95. The Morgan fingerprint density at radius 3 is 2.76 bits per heavy atom. The number of nitrogens with two attached hydrogens (primary N) is 1. The van der Waals surface area contributed by atoms with Gasteiger partial charge >= 0.3 is 0 Å². The third kappa shape index (κ3) is 2.59. The first-order valence-electron chi connectivity index (χ1n) is 5.46. The molecule has 5 nitrogen and oxygen atoms in total. The lowest BCUT2D eigenvalue weighted by atomic mass is 10.1. The molecule has 1 fully saturated rings. The van der Waals surface area contributed by atoms with Crippen molar-refractivity contribution in [2.45, 2.75) is 23.8 Å². The van der Waals surface area contributed by atoms with Crippen molar-refractivity contribution in [2.24, 2.45) is 5.14 Å². The molecule has 1 aliphatic heterocycles. The minimum Gasteiger partial charge on any atom is -0.497 e. The molecule has 1 unspecified atom stereocenters. The number of hydrogen-bond donors (Lipinski definition) is 2. The van der Waals surface area contributed by atoms with Gasteiger partial charge in [0.15, 0.2) is 0 Å². The lowest BCUT2D eigenvalue weighted by Gasteiger charge is -2.15. The van der Waals surface area contributed by atoms with E-state index in [2.05, 4.69) is 5.32 Å². The number of sulfonamides is 1. The smallest absolute Gasteiger partial charge is 0.238 e. The van der Waals surface area contributed by atoms with Crippen LogP contribution in [0, 0.1) is 0 Å². The number of ether oxygens (including phenoxy) is 1. The number of hydrogen-bond acceptors (Lipinski definition) is 4. The van der Waals surface area contributed by atoms with E-state index in [-0.39, 0.29) is 10.9 Å². The Balaban J connectivity index is 2.51. The van der Waals surface area contributed by atoms with Gasteiger partial charge in [-0.1, -0.05) is 0 Å². The molecule has 6 heteroatoms. The Morgan fingerprint density at radius 1 is 1.47 bits per heavy atom. The predicted molar refractivity (Wildman–Crippen MR) is 64.3 cm³/mol. The average Bonchev–Trinajstić information content (AvgIpc) is 2.80. The lowest BCUT2D eigenvalue weighted by Crippen LogP contribution is -2.20. The molecule has 1 saturated heterocycles. The van der Waals surface area contributed by atoms with Gasteiger partial charge in [0, 0.05) is 6.04 Å². The summed E-state index contributed by atoms with van der Waals surface area (Å²) in [7, 11) is -2.14. The van der Waals surface area contributed by atoms with Gasteiger partial charge in [0.05, 0.1) is 12.0 Å². The van der Waals surface area contributed by atoms with Gasteiger partial charge in [0.2, 0.25) is 10.0 Å². The van der Waals surface area contributed by atoms with Gasteiger partial charge in [-0.2, -0.15) is 0 Å². The highest BCUT2D eigenvalue weighted by atomic mass is 32.2. The van der Waals surface area contributed by atoms with E-state index in [1.165, 1.54) is 6.07 Å². The van der Waals surface area contributed by atoms with Crippen LogP contribution in [-0.2, 0) is 10.0 Å². The SMILES string of the molecule is COc1ccc(S(N)(=O)=O)c(C2CCCN2)c1. The van der Waals surface area contributed by atoms with Crippen LogP contribution in [0.3, 0.4) is 0 Å². The maximum Gasteiger partial charge on any atom is 0.238 e. The number of nitrogens with one attached hydrogen (secondary N) is 1. The van der Waals surface area contributed by atoms with E-state index in [0.29, 0.717) is 11.3 Å². The highest BCUT2D eigenvalue weighted by Gasteiger charge is 2.24. The van der Waals surface area contributed by atoms with Crippen molar-refractivity contribution < 1.29 is 13.2 Å². The summed E-state index contributed by atoms with van der Waals surface area (Å²) in [5, 5.41) is 8.48. The first-order valence-corrected chi connectivity index (χ1v) is 7.01. The Kier molecular flexibility index (Phi) is 3.37. The van der Waals surface area contributed by atoms with Gasteiger partial charge in [0.1, 0.15) is 5.75 Å². The fraction of sp³-hybridized carbons (Fsp3) is 0.455. The molecule has 1 aromatic rings. The summed E-state index contributed by atoms with van der Waals surface area (Å²) in [6, 6.07) is 4.89. The minimum absolute atomic E-state index is 0.0402. The molecule has 0 bridgehead atoms. The first-order chi connectivity index (χ1) is 8.02. The lowest BCUT2D eigenvalue weighted by molar-refractivity contribution is 0.413. The van der Waals surface area contributed by atoms with Gasteiger partial charge in [-0.05, 0) is 43.1 Å². The van der Waals surface area contributed by atoms with Crippen LogP contribution < -0.4 is 15.2 Å². The monoisotopic (exact) mass is 256 g/mol. The number of rotatable bonds is 3. The molecular weight excluding hydrogens is 240 g/mol. The second-order valence-corrected chi connectivity index (χ2v) is 5.63. The molecule has 94 valence electrons. The predicted octanol–water partition coefficient (Wildman–Crippen LogP) is 0.767. The van der Waals surface area contributed by atoms with Crippen LogP contribution >= 0.6 is 0 Å². The van der Waals surface area contributed by atoms with Crippen LogP contribution in [0.15, 0.2) is 23.1 Å². The molecule has 3 N–H and O–H groups in total. The minimum atomic E-state index is -3.69. The highest BCUT2D eigenvalue weighted by Crippen LogP contribution is 2.31. The molecule has 0 radical (unpaired) electrons. The van der Waals surface area contributed by atoms with Gasteiger partial charge < -0.3 is 10.1 Å². The van der Waals surface area contributed by atoms with Crippen LogP contribution in [0.4, 0.5) is 0 Å². The Hall–Kier alpha value is -1.11. The van der Waals surface area contributed by atoms with Crippen LogP contribution in [0.25, 0.3) is 0 Å². The molecule has 1 heterocycles. The van der Waals surface area contributed by atoms with Gasteiger partial charge in [-0.15, -0.1) is 0 Å². The summed E-state index contributed by atoms with van der Waals surface area (Å²) >= 11 is 0. The molecule has 1 atom stereocenters. The third-order valence-electron chi connectivity index (χ3n) is 2.96. The van der Waals surface area contributed by atoms with Crippen LogP contribution in [0.1, 0.15) is 24.4 Å². The Bertz CT molecular complexity index is 507. The molecule has 0 aliphatic carbocycles. The largest absolute Gasteiger partial charge is 0.497 e. The Morgan fingerprint density at radius 2 is 2.24 bits per heavy atom. The van der Waals surface area contributed by atoms with Crippen molar-refractivity contribution in [1.29, 1.82) is 0 Å². The highest BCUT2D eigenvalue weighted by molar-refractivity contribution is 7.89. The summed E-state index contributed by atoms with van der Waals surface area (Å²) in [5.74, 6) is 0.640. The zero-order valence-corrected chi connectivity index (χ0v) is 10.5. The third-order valence-corrected chi connectivity index (χ3v) is 3.94. The normalized spacial score (nSPS) is 20.5. The second-order valence-electron chi connectivity index (χ2n) is 4.10. The number of benzene rings is 1. The summed E-state index contributed by atoms with van der Waals surface area (Å²) < 4.78 is 28.2. The van der Waals surface area contributed by atoms with Crippen LogP contribution in [-0.4, -0.2) is 22.1 Å². The van der Waals surface area contributed by atoms with Gasteiger partial charge in [-0.25, -0.2) is 13.6 Å². The van der Waals surface area contributed by atoms with Crippen LogP contribution in [0.2, 0.25) is 0 Å². The topological polar surface area (TPSA) is 81.4 Å². The standard InChI is InChI=1S/C11H16N2O3S/c1-16-8-4-5-11(17(12,14)15)9(7-8)10-3-2-6-13-10/h4-5,7,10,13H,2-3,6H2,1H3,(H2,12,14,15). The molecule has 1 aromatic carbocycles. The fourth-order valence-electron chi connectivity index (χ4n) is 2.13. The van der Waals surface area contributed by atoms with E-state index in [4.69, 9.17) is 9.88 Å². The zero-order valence-electron chi connectivity index (χ0n) is 9.64. The summed E-state index contributed by atoms with van der Waals surface area (Å²) in [6.45, 7) is 0.895. The van der Waals surface area contributed by atoms with Gasteiger partial charge in [0.25, 0.3) is 0 Å². The van der Waals surface area contributed by atoms with Crippen molar-refractivity contribution in [3.8, 4) is 5.75 Å². The van der Waals surface area contributed by atoms with E-state index in [9.17, 15) is 8.42 Å². The Labute approximate surface area is 101 Å². The molecule has 17 heavy (non-hydrogen) atoms. The second kappa shape index (κ2) is 4.64. The molecule has 0 aromatic heterocycles. The molecule has 0 saturated carbocycles. The zero-order chi connectivity index (χ0) is 12.5. The maximum atomic E-state index is 11.5. The molecule has 1 aliphatic rings. The average molecular weight is 256 g/mol. The van der Waals surface area contributed by atoms with Crippen molar-refractivity contribution in [3.05, 3.63) is 23.8 Å². The molecular formula is C11H16N2O3S. The molecule has 0 amide bonds. The fourth-order valence-corrected chi connectivity index (χ4v) is 2.92. The van der Waals surface area contributed by atoms with E-state index in [1.807, 2.05) is 0 Å². The first kappa shape index (κ1) is 12.3. The van der Waals surface area contributed by atoms with E-state index in [1.54, 1.807) is 19.2 Å². The number of primary sulfonamides is 1. The van der Waals surface area contributed by atoms with E-state index in [0.717, 1.165) is 19.4 Å². The van der Waals surface area contributed by atoms with E-state index < -0.39 is 10.0 Å². The molecule has 2 rings (SSSR count). The maximum absolute atomic E-state index is 11.5. The van der Waals surface area contributed by atoms with Crippen molar-refractivity contribution in [2.75, 3.05) is 13.7 Å². The van der Waals surface area contributed by atoms with Gasteiger partial charge in [-0.3, -0.25) is 0 Å².